The Morgan fingerprint density at radius 2 is 1.58 bits per heavy atom. The summed E-state index contributed by atoms with van der Waals surface area (Å²) in [6.45, 7) is 7.19. The monoisotopic (exact) mass is 449 g/mol. The van der Waals surface area contributed by atoms with Crippen LogP contribution in [0.3, 0.4) is 0 Å². The molecule has 3 amide bonds. The van der Waals surface area contributed by atoms with E-state index in [0.717, 1.165) is 11.3 Å². The molecule has 2 aliphatic rings. The molecule has 0 radical (unpaired) electrons. The van der Waals surface area contributed by atoms with Crippen molar-refractivity contribution in [1.29, 1.82) is 0 Å². The number of rotatable bonds is 6. The zero-order chi connectivity index (χ0) is 23.4. The first-order valence-corrected chi connectivity index (χ1v) is 11.6. The molecule has 0 aliphatic carbocycles. The van der Waals surface area contributed by atoms with Gasteiger partial charge in [-0.1, -0.05) is 29.8 Å². The van der Waals surface area contributed by atoms with E-state index >= 15 is 0 Å². The van der Waals surface area contributed by atoms with Crippen molar-refractivity contribution in [3.63, 3.8) is 0 Å². The van der Waals surface area contributed by atoms with Crippen LogP contribution in [0, 0.1) is 6.92 Å². The molecule has 2 heterocycles. The molecule has 0 saturated carbocycles. The summed E-state index contributed by atoms with van der Waals surface area (Å²) in [6, 6.07) is 15.2. The van der Waals surface area contributed by atoms with Crippen LogP contribution in [0.2, 0.25) is 0 Å². The lowest BCUT2D eigenvalue weighted by atomic mass is 10.0. The maximum atomic E-state index is 12.8. The predicted molar refractivity (Wildman–Crippen MR) is 125 cm³/mol. The summed E-state index contributed by atoms with van der Waals surface area (Å²) in [6.07, 6.45) is 1.36. The summed E-state index contributed by atoms with van der Waals surface area (Å²) in [7, 11) is 0. The number of hydrogen-bond donors (Lipinski definition) is 0. The first-order valence-electron chi connectivity index (χ1n) is 11.6. The lowest BCUT2D eigenvalue weighted by Gasteiger charge is -2.42. The van der Waals surface area contributed by atoms with Gasteiger partial charge in [0.05, 0.1) is 6.61 Å². The largest absolute Gasteiger partial charge is 0.494 e. The van der Waals surface area contributed by atoms with Gasteiger partial charge in [0.1, 0.15) is 5.75 Å². The molecule has 0 aromatic heterocycles. The van der Waals surface area contributed by atoms with Crippen molar-refractivity contribution < 1.29 is 19.1 Å². The van der Waals surface area contributed by atoms with Crippen LogP contribution in [0.1, 0.15) is 41.3 Å². The molecule has 4 rings (SSSR count). The highest BCUT2D eigenvalue weighted by atomic mass is 16.5. The van der Waals surface area contributed by atoms with Crippen LogP contribution in [0.25, 0.3) is 0 Å². The molecule has 0 unspecified atom stereocenters. The van der Waals surface area contributed by atoms with E-state index in [1.54, 1.807) is 21.9 Å². The van der Waals surface area contributed by atoms with Crippen molar-refractivity contribution in [2.24, 2.45) is 0 Å². The van der Waals surface area contributed by atoms with Crippen LogP contribution >= 0.6 is 0 Å². The van der Waals surface area contributed by atoms with Crippen LogP contribution in [-0.4, -0.2) is 71.2 Å². The number of carbonyl (C=O) groups is 3. The summed E-state index contributed by atoms with van der Waals surface area (Å²) in [4.78, 5) is 43.6. The Labute approximate surface area is 194 Å². The molecule has 174 valence electrons. The number of hydrogen-bond acceptors (Lipinski definition) is 4. The highest BCUT2D eigenvalue weighted by molar-refractivity contribution is 6.35. The fraction of sp³-hybridized carbons (Fsp3) is 0.423. The Morgan fingerprint density at radius 1 is 0.909 bits per heavy atom. The zero-order valence-electron chi connectivity index (χ0n) is 19.3. The van der Waals surface area contributed by atoms with Crippen molar-refractivity contribution in [3.05, 3.63) is 65.2 Å². The highest BCUT2D eigenvalue weighted by Gasteiger charge is 2.38. The smallest absolute Gasteiger partial charge is 0.312 e. The van der Waals surface area contributed by atoms with Gasteiger partial charge in [0.2, 0.25) is 0 Å². The Hall–Kier alpha value is -3.35. The summed E-state index contributed by atoms with van der Waals surface area (Å²) in [5.41, 5.74) is 2.82. The zero-order valence-corrected chi connectivity index (χ0v) is 19.3. The van der Waals surface area contributed by atoms with E-state index in [1.165, 1.54) is 5.56 Å². The van der Waals surface area contributed by atoms with E-state index in [0.29, 0.717) is 57.7 Å². The molecule has 33 heavy (non-hydrogen) atoms. The fourth-order valence-electron chi connectivity index (χ4n) is 4.53. The molecule has 2 aliphatic heterocycles. The summed E-state index contributed by atoms with van der Waals surface area (Å²) in [5.74, 6) is -0.126. The van der Waals surface area contributed by atoms with Crippen LogP contribution in [0.4, 0.5) is 0 Å². The maximum Gasteiger partial charge on any atom is 0.312 e. The second-order valence-corrected chi connectivity index (χ2v) is 8.69. The Balaban J connectivity index is 1.30. The van der Waals surface area contributed by atoms with Crippen LogP contribution in [-0.2, 0) is 16.1 Å². The normalized spacial score (nSPS) is 17.5. The van der Waals surface area contributed by atoms with Crippen LogP contribution < -0.4 is 4.74 Å². The number of ether oxygens (including phenoxy) is 1. The van der Waals surface area contributed by atoms with E-state index < -0.39 is 11.8 Å². The number of carbonyl (C=O) groups excluding carboxylic acids is 3. The van der Waals surface area contributed by atoms with Crippen molar-refractivity contribution in [1.82, 2.24) is 14.7 Å². The second-order valence-electron chi connectivity index (χ2n) is 8.69. The summed E-state index contributed by atoms with van der Waals surface area (Å²) >= 11 is 0. The molecule has 7 nitrogen and oxygen atoms in total. The Bertz CT molecular complexity index is 995. The topological polar surface area (TPSA) is 70.2 Å². The van der Waals surface area contributed by atoms with Gasteiger partial charge in [0.15, 0.2) is 0 Å². The number of piperidine rings is 1. The number of nitrogens with zero attached hydrogens (tertiary/aromatic N) is 3. The number of benzene rings is 2. The summed E-state index contributed by atoms with van der Waals surface area (Å²) in [5, 5.41) is 0. The van der Waals surface area contributed by atoms with E-state index in [9.17, 15) is 14.4 Å². The number of aryl methyl sites for hydroxylation is 1. The first-order chi connectivity index (χ1) is 16.0. The molecule has 2 saturated heterocycles. The Kier molecular flexibility index (Phi) is 6.96. The van der Waals surface area contributed by atoms with E-state index in [1.807, 2.05) is 55.1 Å². The van der Waals surface area contributed by atoms with Gasteiger partial charge in [-0.25, -0.2) is 0 Å². The molecule has 0 N–H and O–H groups in total. The highest BCUT2D eigenvalue weighted by Crippen LogP contribution is 2.22. The minimum atomic E-state index is -0.435. The van der Waals surface area contributed by atoms with Gasteiger partial charge in [-0.3, -0.25) is 14.4 Å². The molecule has 0 atom stereocenters. The van der Waals surface area contributed by atoms with Gasteiger partial charge < -0.3 is 19.4 Å². The van der Waals surface area contributed by atoms with Gasteiger partial charge in [0.25, 0.3) is 5.91 Å². The molecule has 0 bridgehead atoms. The van der Waals surface area contributed by atoms with Gasteiger partial charge in [0, 0.05) is 44.3 Å². The second kappa shape index (κ2) is 10.1. The van der Waals surface area contributed by atoms with Gasteiger partial charge in [-0.2, -0.15) is 0 Å². The minimum Gasteiger partial charge on any atom is -0.494 e. The maximum absolute atomic E-state index is 12.8. The molecule has 0 spiro atoms. The number of amides is 3. The average Bonchev–Trinajstić information content (AvgIpc) is 2.84. The fourth-order valence-corrected chi connectivity index (χ4v) is 4.53. The van der Waals surface area contributed by atoms with Gasteiger partial charge >= 0.3 is 11.8 Å². The van der Waals surface area contributed by atoms with Crippen LogP contribution in [0.15, 0.2) is 48.5 Å². The average molecular weight is 450 g/mol. The summed E-state index contributed by atoms with van der Waals surface area (Å²) < 4.78 is 5.44. The molecule has 2 aromatic rings. The third-order valence-electron chi connectivity index (χ3n) is 6.44. The van der Waals surface area contributed by atoms with Crippen molar-refractivity contribution >= 4 is 17.7 Å². The minimum absolute atomic E-state index is 0.00708. The van der Waals surface area contributed by atoms with E-state index in [4.69, 9.17) is 4.74 Å². The molecule has 7 heteroatoms. The number of likely N-dealkylation sites (tertiary alicyclic amines) is 1. The van der Waals surface area contributed by atoms with Crippen molar-refractivity contribution in [2.45, 2.75) is 39.3 Å². The molecule has 2 fully saturated rings. The van der Waals surface area contributed by atoms with Gasteiger partial charge in [-0.15, -0.1) is 0 Å². The predicted octanol–water partition coefficient (Wildman–Crippen LogP) is 2.87. The number of piperazine rings is 1. The molecular formula is C26H31N3O4. The third-order valence-corrected chi connectivity index (χ3v) is 6.44. The van der Waals surface area contributed by atoms with E-state index in [-0.39, 0.29) is 11.9 Å². The molecular weight excluding hydrogens is 418 g/mol. The lowest BCUT2D eigenvalue weighted by Crippen LogP contribution is -2.59. The van der Waals surface area contributed by atoms with E-state index in [2.05, 4.69) is 0 Å². The third kappa shape index (κ3) is 5.18. The quantitative estimate of drug-likeness (QED) is 0.636. The van der Waals surface area contributed by atoms with Crippen molar-refractivity contribution in [3.8, 4) is 5.75 Å². The Morgan fingerprint density at radius 3 is 2.21 bits per heavy atom. The van der Waals surface area contributed by atoms with Crippen molar-refractivity contribution in [2.75, 3.05) is 32.8 Å². The van der Waals surface area contributed by atoms with Gasteiger partial charge in [-0.05, 0) is 56.5 Å². The standard InChI is InChI=1S/C26H31N3O4/c1-3-33-23-10-8-21(9-11-23)24(30)27-14-12-22(13-15-27)29-17-16-28(25(31)26(29)32)18-20-6-4-19(2)5-7-20/h4-11,22H,3,12-18H2,1-2H3. The first kappa shape index (κ1) is 22.8. The SMILES string of the molecule is CCOc1ccc(C(=O)N2CCC(N3CCN(Cc4ccc(C)cc4)C(=O)C3=O)CC2)cc1. The molecule has 2 aromatic carbocycles. The lowest BCUT2D eigenvalue weighted by molar-refractivity contribution is -0.158. The van der Waals surface area contributed by atoms with Crippen LogP contribution in [0.5, 0.6) is 5.75 Å².